The Balaban J connectivity index is 0.000000182. The summed E-state index contributed by atoms with van der Waals surface area (Å²) in [7, 11) is 15.8. The number of anilines is 3. The van der Waals surface area contributed by atoms with E-state index in [1.807, 2.05) is 159 Å². The lowest BCUT2D eigenvalue weighted by molar-refractivity contribution is 0.108. The van der Waals surface area contributed by atoms with Crippen molar-refractivity contribution in [2.45, 2.75) is 118 Å². The van der Waals surface area contributed by atoms with Gasteiger partial charge in [-0.3, -0.25) is 0 Å². The number of methoxy groups -OCH3 is 2. The Morgan fingerprint density at radius 1 is 0.513 bits per heavy atom. The largest absolute Gasteiger partial charge is 0.491 e. The summed E-state index contributed by atoms with van der Waals surface area (Å²) in [4.78, 5) is 79.6. The predicted octanol–water partition coefficient (Wildman–Crippen LogP) is 8.96. The molecule has 9 heterocycles. The molecule has 4 atom stereocenters. The van der Waals surface area contributed by atoms with Gasteiger partial charge in [-0.2, -0.15) is 0 Å². The number of rotatable bonds is 26. The van der Waals surface area contributed by atoms with Crippen LogP contribution < -0.4 is 44.9 Å². The Bertz CT molecular complexity index is 4650. The number of amides is 4. The fraction of sp³-hybridized carbons (Fsp3) is 0.488. The van der Waals surface area contributed by atoms with Gasteiger partial charge in [0.25, 0.3) is 0 Å². The van der Waals surface area contributed by atoms with Gasteiger partial charge in [0.2, 0.25) is 0 Å². The van der Waals surface area contributed by atoms with Gasteiger partial charge in [0.05, 0.1) is 65.1 Å². The first-order valence-corrected chi connectivity index (χ1v) is 38.7. The molecule has 3 aliphatic heterocycles. The number of benzene rings is 3. The molecule has 12 rings (SSSR count). The molecule has 3 fully saturated rings. The standard InChI is InChI=1S/C28H38N6O5.C27H37N7O4.C27H36N6O5/c1-17-25(24-18(2)32-39-19(24)3)30-26(20-8-7-9-23(14-20)38-16-22(35)15-29-4)31-27(17)33(5)21-10-12-34(13-11-21)28(36)37-6;1-17-15-33(10-11-34(17)27(36)32(5)6)24-13-23(25-18(2)31-38-19(25)3)29-26(30-24)20-8-7-9-22(12-20)37-16-21(35)14-28-4;1-17-25(18(2)38-31-17)23-14-24(32(4)20-9-11-33(12-10-20)27(35)36-5)30-26(29-23)19-7-6-8-22(13-19)37-16-21(34)15-28-3/h7-9,14,21-22,29,35H,10-13,15-16H2,1-6H3;7-9,12-13,17,21,28,35H,10-11,14-16H2,1-6H3;6-8,13-14,20-21,28,34H,9-12,15-16H2,1-5H3/t;17-,21?;/m.0./s1. The fourth-order valence-electron chi connectivity index (χ4n) is 14.3. The summed E-state index contributed by atoms with van der Waals surface area (Å²) in [6.45, 7) is 21.6. The molecule has 6 aromatic heterocycles. The highest BCUT2D eigenvalue weighted by molar-refractivity contribution is 5.78. The van der Waals surface area contributed by atoms with Crippen molar-refractivity contribution in [2.75, 3.05) is 164 Å². The number of likely N-dealkylation sites (N-methyl/N-ethyl adjacent to an activating group) is 3. The van der Waals surface area contributed by atoms with Crippen LogP contribution in [0, 0.1) is 48.5 Å². The first-order chi connectivity index (χ1) is 55.2. The molecule has 3 saturated heterocycles. The first-order valence-electron chi connectivity index (χ1n) is 38.7. The van der Waals surface area contributed by atoms with Crippen molar-refractivity contribution in [3.8, 4) is 85.2 Å². The lowest BCUT2D eigenvalue weighted by Gasteiger charge is -2.41. The molecule has 0 bridgehead atoms. The second kappa shape index (κ2) is 40.3. The van der Waals surface area contributed by atoms with E-state index in [4.69, 9.17) is 67.2 Å². The molecular formula is C82H111N19O14. The maximum absolute atomic E-state index is 12.6. The third-order valence-electron chi connectivity index (χ3n) is 20.5. The smallest absolute Gasteiger partial charge is 0.409 e. The average Bonchev–Trinajstić information content (AvgIpc) is 1.79. The van der Waals surface area contributed by atoms with Crippen molar-refractivity contribution in [1.29, 1.82) is 0 Å². The molecular weight excluding hydrogens is 1480 g/mol. The minimum absolute atomic E-state index is 0.00795. The predicted molar refractivity (Wildman–Crippen MR) is 437 cm³/mol. The molecule has 0 saturated carbocycles. The zero-order valence-corrected chi connectivity index (χ0v) is 69.1. The van der Waals surface area contributed by atoms with Crippen LogP contribution in [0.15, 0.2) is 98.5 Å². The number of aliphatic hydroxyl groups excluding tert-OH is 3. The number of ether oxygens (including phenoxy) is 5. The van der Waals surface area contributed by atoms with Crippen LogP contribution in [-0.2, 0) is 9.47 Å². The number of carbonyl (C=O) groups excluding carboxylic acids is 3. The molecule has 9 aromatic rings. The summed E-state index contributed by atoms with van der Waals surface area (Å²) in [5.41, 5.74) is 10.3. The molecule has 0 radical (unpaired) electrons. The molecule has 115 heavy (non-hydrogen) atoms. The van der Waals surface area contributed by atoms with E-state index in [0.29, 0.717) is 117 Å². The highest BCUT2D eigenvalue weighted by Gasteiger charge is 2.34. The number of piperazine rings is 1. The maximum Gasteiger partial charge on any atom is 0.409 e. The number of piperidine rings is 2. The number of nitrogens with zero attached hydrogens (tertiary/aromatic N) is 16. The molecule has 618 valence electrons. The number of hydrogen-bond donors (Lipinski definition) is 6. The Hall–Kier alpha value is -11.1. The van der Waals surface area contributed by atoms with Crippen molar-refractivity contribution in [3.05, 3.63) is 125 Å². The second-order valence-electron chi connectivity index (χ2n) is 29.2. The van der Waals surface area contributed by atoms with Gasteiger partial charge < -0.3 is 103 Å². The van der Waals surface area contributed by atoms with Crippen LogP contribution in [0.4, 0.5) is 31.8 Å². The van der Waals surface area contributed by atoms with Crippen molar-refractivity contribution < 1.29 is 67.0 Å². The van der Waals surface area contributed by atoms with Gasteiger partial charge in [-0.15, -0.1) is 0 Å². The van der Waals surface area contributed by atoms with Gasteiger partial charge in [0, 0.05) is 146 Å². The van der Waals surface area contributed by atoms with Crippen LogP contribution in [0.3, 0.4) is 0 Å². The monoisotopic (exact) mass is 1590 g/mol. The quantitative estimate of drug-likeness (QED) is 0.0294. The SMILES string of the molecule is CNCC(O)COc1cccc(-c2nc(-c3c(C)noc3C)c(C)c(N(C)C3CCN(C(=O)OC)CC3)n2)c1.CNCC(O)COc1cccc(-c2nc(-c3c(C)noc3C)cc(N(C)C3CCN(C(=O)OC)CC3)n2)c1.CNCC(O)COc1cccc(-c2nc(-c3c(C)noc3C)cc(N3CCN(C(=O)N(C)C)[C@@H](C)C3)n2)c1. The molecule has 3 aromatic carbocycles. The molecule has 3 aliphatic rings. The van der Waals surface area contributed by atoms with Crippen LogP contribution in [0.2, 0.25) is 0 Å². The van der Waals surface area contributed by atoms with Gasteiger partial charge in [-0.1, -0.05) is 51.9 Å². The molecule has 4 amide bonds. The van der Waals surface area contributed by atoms with Crippen LogP contribution >= 0.6 is 0 Å². The Labute approximate surface area is 671 Å². The maximum atomic E-state index is 12.6. The summed E-state index contributed by atoms with van der Waals surface area (Å²) in [5.74, 6) is 7.88. The summed E-state index contributed by atoms with van der Waals surface area (Å²) >= 11 is 0. The van der Waals surface area contributed by atoms with Crippen LogP contribution in [0.5, 0.6) is 17.2 Å². The number of aliphatic hydroxyl groups is 3. The third-order valence-corrected chi connectivity index (χ3v) is 20.5. The molecule has 3 unspecified atom stereocenters. The van der Waals surface area contributed by atoms with Crippen molar-refractivity contribution >= 4 is 35.7 Å². The number of aromatic nitrogens is 9. The number of urea groups is 1. The molecule has 6 N–H and O–H groups in total. The van der Waals surface area contributed by atoms with Crippen LogP contribution in [0.1, 0.15) is 72.5 Å². The summed E-state index contributed by atoms with van der Waals surface area (Å²) in [6.07, 6.45) is 0.740. The summed E-state index contributed by atoms with van der Waals surface area (Å²) in [5, 5.41) is 51.3. The second-order valence-corrected chi connectivity index (χ2v) is 29.2. The number of likely N-dealkylation sites (tertiary alicyclic amines) is 2. The number of aryl methyl sites for hydroxylation is 6. The third kappa shape index (κ3) is 21.9. The zero-order valence-electron chi connectivity index (χ0n) is 69.1. The van der Waals surface area contributed by atoms with Gasteiger partial charge in [-0.25, -0.2) is 44.3 Å². The van der Waals surface area contributed by atoms with E-state index in [1.165, 1.54) is 14.2 Å². The van der Waals surface area contributed by atoms with Crippen molar-refractivity contribution in [2.24, 2.45) is 0 Å². The minimum atomic E-state index is -0.619. The fourth-order valence-corrected chi connectivity index (χ4v) is 14.3. The van der Waals surface area contributed by atoms with Crippen LogP contribution in [0.25, 0.3) is 67.9 Å². The highest BCUT2D eigenvalue weighted by Crippen LogP contribution is 2.39. The normalized spacial score (nSPS) is 15.4. The van der Waals surface area contributed by atoms with Gasteiger partial charge >= 0.3 is 18.2 Å². The Morgan fingerprint density at radius 2 is 0.922 bits per heavy atom. The lowest BCUT2D eigenvalue weighted by atomic mass is 10.0. The molecule has 0 aliphatic carbocycles. The topological polar surface area (TPSA) is 372 Å². The summed E-state index contributed by atoms with van der Waals surface area (Å²) in [6, 6.07) is 26.9. The van der Waals surface area contributed by atoms with E-state index in [0.717, 1.165) is 116 Å². The van der Waals surface area contributed by atoms with E-state index >= 15 is 0 Å². The van der Waals surface area contributed by atoms with Gasteiger partial charge in [0.15, 0.2) is 17.5 Å². The highest BCUT2D eigenvalue weighted by atomic mass is 16.5. The number of carbonyl (C=O) groups is 3. The van der Waals surface area contributed by atoms with Crippen molar-refractivity contribution in [1.82, 2.24) is 80.9 Å². The number of hydrogen-bond acceptors (Lipinski definition) is 29. The van der Waals surface area contributed by atoms with Gasteiger partial charge in [-0.05, 0) is 139 Å². The van der Waals surface area contributed by atoms with E-state index in [2.05, 4.69) is 46.1 Å². The van der Waals surface area contributed by atoms with E-state index < -0.39 is 18.3 Å². The van der Waals surface area contributed by atoms with Gasteiger partial charge in [0.1, 0.15) is 90.1 Å². The van der Waals surface area contributed by atoms with Crippen molar-refractivity contribution in [3.63, 3.8) is 0 Å². The first kappa shape index (κ1) is 86.3. The average molecular weight is 1590 g/mol. The summed E-state index contributed by atoms with van der Waals surface area (Å²) < 4.78 is 43.6. The van der Waals surface area contributed by atoms with E-state index in [-0.39, 0.29) is 56.2 Å². The minimum Gasteiger partial charge on any atom is -0.491 e. The molecule has 33 nitrogen and oxygen atoms in total. The lowest BCUT2D eigenvalue weighted by Crippen LogP contribution is -2.56. The molecule has 33 heteroatoms. The van der Waals surface area contributed by atoms with Crippen LogP contribution in [-0.4, -0.2) is 284 Å². The Kier molecular flexibility index (Phi) is 30.2. The molecule has 0 spiro atoms. The number of nitrogens with one attached hydrogen (secondary N) is 3. The van der Waals surface area contributed by atoms with E-state index in [1.54, 1.807) is 49.9 Å². The van der Waals surface area contributed by atoms with E-state index in [9.17, 15) is 29.7 Å². The Morgan fingerprint density at radius 3 is 1.32 bits per heavy atom. The zero-order chi connectivity index (χ0) is 82.7.